The molecule has 2 unspecified atom stereocenters. The average molecular weight is 328 g/mol. The van der Waals surface area contributed by atoms with Gasteiger partial charge in [-0.25, -0.2) is 0 Å². The Morgan fingerprint density at radius 3 is 2.75 bits per heavy atom. The highest BCUT2D eigenvalue weighted by Crippen LogP contribution is 2.23. The predicted molar refractivity (Wildman–Crippen MR) is 90.0 cm³/mol. The zero-order valence-corrected chi connectivity index (χ0v) is 14.4. The molecule has 0 saturated carbocycles. The lowest BCUT2D eigenvalue weighted by atomic mass is 9.90. The van der Waals surface area contributed by atoms with Crippen molar-refractivity contribution in [3.8, 4) is 0 Å². The molecule has 1 aliphatic heterocycles. The summed E-state index contributed by atoms with van der Waals surface area (Å²) in [6.45, 7) is 8.54. The average Bonchev–Trinajstić information content (AvgIpc) is 3.19. The summed E-state index contributed by atoms with van der Waals surface area (Å²) in [5, 5.41) is 17.0. The third-order valence-corrected chi connectivity index (χ3v) is 4.73. The minimum atomic E-state index is -0.806. The largest absolute Gasteiger partial charge is 0.351 e. The Kier molecular flexibility index (Phi) is 4.62. The normalized spacial score (nSPS) is 21.8. The van der Waals surface area contributed by atoms with E-state index in [0.29, 0.717) is 11.7 Å². The highest BCUT2D eigenvalue weighted by molar-refractivity contribution is 5.86. The Labute approximate surface area is 141 Å². The van der Waals surface area contributed by atoms with Crippen LogP contribution in [0.1, 0.15) is 32.2 Å². The number of carbonyl (C=O) groups is 1. The number of aromatic amines is 1. The molecule has 1 amide bonds. The first-order valence-corrected chi connectivity index (χ1v) is 8.28. The summed E-state index contributed by atoms with van der Waals surface area (Å²) in [4.78, 5) is 15.1. The number of tetrazole rings is 1. The molecule has 1 saturated heterocycles. The van der Waals surface area contributed by atoms with E-state index in [1.807, 2.05) is 19.9 Å². The van der Waals surface area contributed by atoms with Gasteiger partial charge in [0.2, 0.25) is 5.91 Å². The van der Waals surface area contributed by atoms with Crippen LogP contribution in [0, 0.1) is 5.92 Å². The van der Waals surface area contributed by atoms with Crippen molar-refractivity contribution in [2.45, 2.75) is 38.8 Å². The van der Waals surface area contributed by atoms with E-state index in [-0.39, 0.29) is 11.9 Å². The number of hydrogen-bond acceptors (Lipinski definition) is 5. The van der Waals surface area contributed by atoms with Crippen molar-refractivity contribution in [2.24, 2.45) is 5.92 Å². The fraction of sp³-hybridized carbons (Fsp3) is 0.529. The highest BCUT2D eigenvalue weighted by Gasteiger charge is 2.38. The topological polar surface area (TPSA) is 86.8 Å². The summed E-state index contributed by atoms with van der Waals surface area (Å²) in [7, 11) is 0. The summed E-state index contributed by atoms with van der Waals surface area (Å²) < 4.78 is 0. The van der Waals surface area contributed by atoms with E-state index in [0.717, 1.165) is 19.6 Å². The number of carbonyl (C=O) groups excluding carboxylic acids is 1. The van der Waals surface area contributed by atoms with Gasteiger partial charge < -0.3 is 5.32 Å². The lowest BCUT2D eigenvalue weighted by Gasteiger charge is -2.24. The Bertz CT molecular complexity index is 670. The summed E-state index contributed by atoms with van der Waals surface area (Å²) in [6, 6.07) is 10.5. The van der Waals surface area contributed by atoms with Gasteiger partial charge in [-0.2, -0.15) is 5.21 Å². The fourth-order valence-electron chi connectivity index (χ4n) is 3.10. The van der Waals surface area contributed by atoms with Crippen LogP contribution in [0.25, 0.3) is 0 Å². The maximum Gasteiger partial charge on any atom is 0.233 e. The van der Waals surface area contributed by atoms with Gasteiger partial charge in [0.15, 0.2) is 5.82 Å². The molecule has 0 radical (unpaired) electrons. The molecule has 3 rings (SSSR count). The van der Waals surface area contributed by atoms with Gasteiger partial charge in [0.05, 0.1) is 0 Å². The molecule has 7 heteroatoms. The van der Waals surface area contributed by atoms with Crippen molar-refractivity contribution in [2.75, 3.05) is 13.1 Å². The van der Waals surface area contributed by atoms with Crippen LogP contribution in [0.5, 0.6) is 0 Å². The first-order chi connectivity index (χ1) is 11.5. The molecule has 1 fully saturated rings. The molecule has 1 aliphatic rings. The van der Waals surface area contributed by atoms with E-state index in [1.165, 1.54) is 5.56 Å². The van der Waals surface area contributed by atoms with Crippen LogP contribution < -0.4 is 5.32 Å². The molecule has 1 aromatic carbocycles. The summed E-state index contributed by atoms with van der Waals surface area (Å²) in [5.74, 6) is 0.743. The van der Waals surface area contributed by atoms with Gasteiger partial charge in [0, 0.05) is 25.7 Å². The number of hydrogen-bond donors (Lipinski definition) is 2. The van der Waals surface area contributed by atoms with Gasteiger partial charge in [0.1, 0.15) is 5.41 Å². The van der Waals surface area contributed by atoms with Crippen molar-refractivity contribution in [3.05, 3.63) is 41.7 Å². The van der Waals surface area contributed by atoms with Crippen LogP contribution in [0.15, 0.2) is 30.3 Å². The number of H-pyrrole nitrogens is 1. The predicted octanol–water partition coefficient (Wildman–Crippen LogP) is 1.11. The van der Waals surface area contributed by atoms with Crippen LogP contribution >= 0.6 is 0 Å². The zero-order valence-electron chi connectivity index (χ0n) is 14.4. The molecule has 0 bridgehead atoms. The standard InChI is InChI=1S/C17H24N6O/c1-12-9-23(10-13-7-5-4-6-8-13)11-14(12)18-16(24)17(2,3)15-19-21-22-20-15/h4-8,12,14H,9-11H2,1-3H3,(H,18,24)(H,19,20,21,22). The fourth-order valence-corrected chi connectivity index (χ4v) is 3.10. The van der Waals surface area contributed by atoms with Crippen LogP contribution in [-0.2, 0) is 16.8 Å². The molecule has 2 atom stereocenters. The maximum atomic E-state index is 12.7. The van der Waals surface area contributed by atoms with E-state index in [2.05, 4.69) is 62.0 Å². The molecule has 0 aliphatic carbocycles. The van der Waals surface area contributed by atoms with Crippen molar-refractivity contribution in [3.63, 3.8) is 0 Å². The van der Waals surface area contributed by atoms with E-state index in [9.17, 15) is 4.79 Å². The van der Waals surface area contributed by atoms with E-state index in [1.54, 1.807) is 0 Å². The Morgan fingerprint density at radius 2 is 2.08 bits per heavy atom. The van der Waals surface area contributed by atoms with E-state index >= 15 is 0 Å². The highest BCUT2D eigenvalue weighted by atomic mass is 16.2. The minimum Gasteiger partial charge on any atom is -0.351 e. The Morgan fingerprint density at radius 1 is 1.33 bits per heavy atom. The molecule has 24 heavy (non-hydrogen) atoms. The van der Waals surface area contributed by atoms with Gasteiger partial charge in [-0.05, 0) is 25.3 Å². The van der Waals surface area contributed by atoms with Gasteiger partial charge in [0.25, 0.3) is 0 Å². The molecular formula is C17H24N6O. The first-order valence-electron chi connectivity index (χ1n) is 8.28. The van der Waals surface area contributed by atoms with E-state index < -0.39 is 5.41 Å². The zero-order chi connectivity index (χ0) is 17.2. The summed E-state index contributed by atoms with van der Waals surface area (Å²) in [6.07, 6.45) is 0. The quantitative estimate of drug-likeness (QED) is 0.859. The Balaban J connectivity index is 1.60. The van der Waals surface area contributed by atoms with Gasteiger partial charge >= 0.3 is 0 Å². The minimum absolute atomic E-state index is 0.0673. The second-order valence-corrected chi connectivity index (χ2v) is 7.10. The SMILES string of the molecule is CC1CN(Cc2ccccc2)CC1NC(=O)C(C)(C)c1nn[nH]n1. The number of nitrogens with one attached hydrogen (secondary N) is 2. The first kappa shape index (κ1) is 16.6. The lowest BCUT2D eigenvalue weighted by Crippen LogP contribution is -2.48. The van der Waals surface area contributed by atoms with Crippen molar-refractivity contribution in [1.82, 2.24) is 30.8 Å². The van der Waals surface area contributed by atoms with Crippen LogP contribution in [0.4, 0.5) is 0 Å². The lowest BCUT2D eigenvalue weighted by molar-refractivity contribution is -0.126. The molecule has 7 nitrogen and oxygen atoms in total. The summed E-state index contributed by atoms with van der Waals surface area (Å²) >= 11 is 0. The van der Waals surface area contributed by atoms with Gasteiger partial charge in [-0.1, -0.05) is 42.5 Å². The van der Waals surface area contributed by atoms with Crippen molar-refractivity contribution < 1.29 is 4.79 Å². The monoisotopic (exact) mass is 328 g/mol. The molecule has 2 heterocycles. The van der Waals surface area contributed by atoms with Crippen LogP contribution in [0.2, 0.25) is 0 Å². The smallest absolute Gasteiger partial charge is 0.233 e. The van der Waals surface area contributed by atoms with Crippen LogP contribution in [-0.4, -0.2) is 50.6 Å². The van der Waals surface area contributed by atoms with E-state index in [4.69, 9.17) is 0 Å². The molecule has 0 spiro atoms. The van der Waals surface area contributed by atoms with Crippen molar-refractivity contribution >= 4 is 5.91 Å². The molecule has 2 aromatic rings. The Hall–Kier alpha value is -2.28. The number of nitrogens with zero attached hydrogens (tertiary/aromatic N) is 4. The summed E-state index contributed by atoms with van der Waals surface area (Å²) in [5.41, 5.74) is 0.489. The van der Waals surface area contributed by atoms with Gasteiger partial charge in [-0.15, -0.1) is 10.2 Å². The number of amides is 1. The number of rotatable bonds is 5. The third kappa shape index (κ3) is 3.46. The van der Waals surface area contributed by atoms with Crippen molar-refractivity contribution in [1.29, 1.82) is 0 Å². The molecule has 1 aromatic heterocycles. The van der Waals surface area contributed by atoms with Gasteiger partial charge in [-0.3, -0.25) is 9.69 Å². The number of likely N-dealkylation sites (tertiary alicyclic amines) is 1. The second kappa shape index (κ2) is 6.68. The second-order valence-electron chi connectivity index (χ2n) is 7.10. The number of aromatic nitrogens is 4. The third-order valence-electron chi connectivity index (χ3n) is 4.73. The molecular weight excluding hydrogens is 304 g/mol. The molecule has 2 N–H and O–H groups in total. The molecule has 128 valence electrons. The maximum absolute atomic E-state index is 12.7. The van der Waals surface area contributed by atoms with Crippen LogP contribution in [0.3, 0.4) is 0 Å². The number of benzene rings is 1.